The highest BCUT2D eigenvalue weighted by Crippen LogP contribution is 2.40. The van der Waals surface area contributed by atoms with Crippen LogP contribution in [0.25, 0.3) is 12.2 Å². The standard InChI is InChI=1S/C36H41N3O10/c1-44-27-21-25(11-13-33(42)38-17-7-5-9-31(38)40)22-28(45-2)35(27)48-19-15-37-16-20-49-36-29(46-3)23-26(24-30(36)47-4)12-14-34(43)39-18-8-6-10-32(39)41/h5-6,9-14,21-24,37H,7-8,15-20H2,1-4H3/b13-11+,14-12+. The van der Waals surface area contributed by atoms with Crippen molar-refractivity contribution in [2.24, 2.45) is 0 Å². The number of amides is 4. The van der Waals surface area contributed by atoms with Crippen LogP contribution in [0.5, 0.6) is 34.5 Å². The van der Waals surface area contributed by atoms with E-state index >= 15 is 0 Å². The molecule has 49 heavy (non-hydrogen) atoms. The second-order valence-electron chi connectivity index (χ2n) is 10.7. The van der Waals surface area contributed by atoms with Crippen LogP contribution in [0.4, 0.5) is 0 Å². The Morgan fingerprint density at radius 3 is 1.35 bits per heavy atom. The van der Waals surface area contributed by atoms with Crippen molar-refractivity contribution in [3.05, 3.63) is 71.8 Å². The zero-order chi connectivity index (χ0) is 35.2. The van der Waals surface area contributed by atoms with Gasteiger partial charge in [0.1, 0.15) is 13.2 Å². The molecule has 0 atom stereocenters. The number of imide groups is 2. The fraction of sp³-hybridized carbons (Fsp3) is 0.333. The van der Waals surface area contributed by atoms with Crippen molar-refractivity contribution in [2.45, 2.75) is 12.8 Å². The van der Waals surface area contributed by atoms with Gasteiger partial charge in [0, 0.05) is 38.3 Å². The molecule has 0 aliphatic carbocycles. The van der Waals surface area contributed by atoms with E-state index in [2.05, 4.69) is 5.32 Å². The fourth-order valence-electron chi connectivity index (χ4n) is 4.98. The number of carbonyl (C=O) groups is 4. The van der Waals surface area contributed by atoms with Gasteiger partial charge in [-0.05, 0) is 72.5 Å². The molecule has 2 heterocycles. The first-order valence-corrected chi connectivity index (χ1v) is 15.7. The van der Waals surface area contributed by atoms with Crippen LogP contribution in [-0.2, 0) is 19.2 Å². The van der Waals surface area contributed by atoms with Gasteiger partial charge in [0.25, 0.3) is 23.6 Å². The number of ether oxygens (including phenoxy) is 6. The van der Waals surface area contributed by atoms with Crippen LogP contribution in [-0.4, -0.2) is 101 Å². The van der Waals surface area contributed by atoms with Gasteiger partial charge in [0.15, 0.2) is 23.0 Å². The van der Waals surface area contributed by atoms with Gasteiger partial charge in [-0.25, -0.2) is 0 Å². The summed E-state index contributed by atoms with van der Waals surface area (Å²) in [5, 5.41) is 3.25. The third kappa shape index (κ3) is 9.73. The molecule has 0 unspecified atom stereocenters. The molecule has 4 rings (SSSR count). The third-order valence-corrected chi connectivity index (χ3v) is 7.48. The Bertz CT molecular complexity index is 1480. The largest absolute Gasteiger partial charge is 0.493 e. The Balaban J connectivity index is 1.28. The highest BCUT2D eigenvalue weighted by atomic mass is 16.5. The molecule has 2 aliphatic rings. The Morgan fingerprint density at radius 1 is 0.653 bits per heavy atom. The number of benzene rings is 2. The predicted molar refractivity (Wildman–Crippen MR) is 182 cm³/mol. The Labute approximate surface area is 285 Å². The zero-order valence-corrected chi connectivity index (χ0v) is 28.1. The van der Waals surface area contributed by atoms with Gasteiger partial charge in [0.2, 0.25) is 11.5 Å². The maximum absolute atomic E-state index is 12.5. The van der Waals surface area contributed by atoms with E-state index < -0.39 is 11.8 Å². The number of hydrogen-bond donors (Lipinski definition) is 1. The van der Waals surface area contributed by atoms with Gasteiger partial charge < -0.3 is 33.7 Å². The molecule has 2 aliphatic heterocycles. The van der Waals surface area contributed by atoms with Gasteiger partial charge in [-0.15, -0.1) is 0 Å². The van der Waals surface area contributed by atoms with E-state index in [9.17, 15) is 19.2 Å². The molecule has 0 spiro atoms. The first-order valence-electron chi connectivity index (χ1n) is 15.7. The number of methoxy groups -OCH3 is 4. The molecule has 0 bridgehead atoms. The van der Waals surface area contributed by atoms with Crippen molar-refractivity contribution >= 4 is 35.8 Å². The summed E-state index contributed by atoms with van der Waals surface area (Å²) in [5.74, 6) is 1.04. The summed E-state index contributed by atoms with van der Waals surface area (Å²) < 4.78 is 34.0. The highest BCUT2D eigenvalue weighted by Gasteiger charge is 2.21. The molecule has 4 amide bonds. The molecule has 2 aromatic rings. The van der Waals surface area contributed by atoms with E-state index in [4.69, 9.17) is 28.4 Å². The maximum atomic E-state index is 12.5. The molecule has 0 radical (unpaired) electrons. The van der Waals surface area contributed by atoms with E-state index in [-0.39, 0.29) is 25.0 Å². The summed E-state index contributed by atoms with van der Waals surface area (Å²) in [7, 11) is 6.04. The number of rotatable bonds is 16. The lowest BCUT2D eigenvalue weighted by molar-refractivity contribution is -0.140. The van der Waals surface area contributed by atoms with E-state index in [0.717, 1.165) is 0 Å². The molecule has 2 aromatic carbocycles. The summed E-state index contributed by atoms with van der Waals surface area (Å²) in [5.41, 5.74) is 1.28. The minimum atomic E-state index is -0.400. The lowest BCUT2D eigenvalue weighted by Crippen LogP contribution is -2.37. The van der Waals surface area contributed by atoms with Crippen molar-refractivity contribution in [3.63, 3.8) is 0 Å². The fourth-order valence-corrected chi connectivity index (χ4v) is 4.98. The topological polar surface area (TPSA) is 142 Å². The van der Waals surface area contributed by atoms with Crippen molar-refractivity contribution < 1.29 is 47.6 Å². The molecule has 1 N–H and O–H groups in total. The molecule has 0 aromatic heterocycles. The lowest BCUT2D eigenvalue weighted by Gasteiger charge is -2.19. The zero-order valence-electron chi connectivity index (χ0n) is 28.1. The third-order valence-electron chi connectivity index (χ3n) is 7.48. The van der Waals surface area contributed by atoms with Gasteiger partial charge >= 0.3 is 0 Å². The van der Waals surface area contributed by atoms with Crippen LogP contribution in [0.1, 0.15) is 24.0 Å². The highest BCUT2D eigenvalue weighted by molar-refractivity contribution is 6.07. The minimum absolute atomic E-state index is 0.288. The molecule has 0 fully saturated rings. The van der Waals surface area contributed by atoms with E-state index in [1.54, 1.807) is 48.6 Å². The first-order chi connectivity index (χ1) is 23.8. The average molecular weight is 676 g/mol. The Morgan fingerprint density at radius 2 is 1.02 bits per heavy atom. The van der Waals surface area contributed by atoms with Gasteiger partial charge in [-0.1, -0.05) is 12.2 Å². The molecule has 13 heteroatoms. The van der Waals surface area contributed by atoms with Crippen LogP contribution in [0.2, 0.25) is 0 Å². The number of nitrogens with zero attached hydrogens (tertiary/aromatic N) is 2. The Hall–Kier alpha value is -5.56. The monoisotopic (exact) mass is 675 g/mol. The van der Waals surface area contributed by atoms with Crippen LogP contribution in [0.15, 0.2) is 60.7 Å². The van der Waals surface area contributed by atoms with Crippen LogP contribution < -0.4 is 33.7 Å². The number of nitrogens with one attached hydrogen (secondary N) is 1. The summed E-state index contributed by atoms with van der Waals surface area (Å²) in [4.78, 5) is 51.3. The van der Waals surface area contributed by atoms with Gasteiger partial charge in [-0.2, -0.15) is 0 Å². The molecule has 13 nitrogen and oxygen atoms in total. The second-order valence-corrected chi connectivity index (χ2v) is 10.7. The SMILES string of the molecule is COc1cc(/C=C/C(=O)N2CCC=CC2=O)cc(OC)c1OCCNCCOc1c(OC)cc(/C=C/C(=O)N2CCC=CC2=O)cc1OC. The van der Waals surface area contributed by atoms with Crippen molar-refractivity contribution in [2.75, 3.05) is 67.8 Å². The van der Waals surface area contributed by atoms with E-state index in [1.807, 2.05) is 0 Å². The predicted octanol–water partition coefficient (Wildman–Crippen LogP) is 3.43. The average Bonchev–Trinajstić information content (AvgIpc) is 3.12. The van der Waals surface area contributed by atoms with Crippen LogP contribution in [0.3, 0.4) is 0 Å². The summed E-state index contributed by atoms with van der Waals surface area (Å²) in [6.45, 7) is 2.22. The van der Waals surface area contributed by atoms with Crippen molar-refractivity contribution in [3.8, 4) is 34.5 Å². The molecule has 0 saturated heterocycles. The van der Waals surface area contributed by atoms with E-state index in [0.29, 0.717) is 84.6 Å². The minimum Gasteiger partial charge on any atom is -0.493 e. The number of hydrogen-bond acceptors (Lipinski definition) is 11. The van der Waals surface area contributed by atoms with Crippen LogP contribution >= 0.6 is 0 Å². The van der Waals surface area contributed by atoms with Gasteiger partial charge in [-0.3, -0.25) is 29.0 Å². The molecular weight excluding hydrogens is 634 g/mol. The summed E-state index contributed by atoms with van der Waals surface area (Å²) in [6, 6.07) is 6.86. The van der Waals surface area contributed by atoms with Crippen molar-refractivity contribution in [1.29, 1.82) is 0 Å². The van der Waals surface area contributed by atoms with Crippen molar-refractivity contribution in [1.82, 2.24) is 15.1 Å². The van der Waals surface area contributed by atoms with E-state index in [1.165, 1.54) is 62.5 Å². The lowest BCUT2D eigenvalue weighted by atomic mass is 10.1. The number of carbonyl (C=O) groups excluding carboxylic acids is 4. The molecule has 260 valence electrons. The van der Waals surface area contributed by atoms with Crippen LogP contribution in [0, 0.1) is 0 Å². The second kappa shape index (κ2) is 18.1. The smallest absolute Gasteiger partial charge is 0.253 e. The summed E-state index contributed by atoms with van der Waals surface area (Å²) >= 11 is 0. The normalized spacial score (nSPS) is 14.4. The maximum Gasteiger partial charge on any atom is 0.253 e. The first kappa shape index (κ1) is 36.3. The Kier molecular flexibility index (Phi) is 13.4. The molecule has 0 saturated carbocycles. The quantitative estimate of drug-likeness (QED) is 0.207. The van der Waals surface area contributed by atoms with Gasteiger partial charge in [0.05, 0.1) is 28.4 Å². The summed E-state index contributed by atoms with van der Waals surface area (Å²) in [6.07, 6.45) is 13.4. The molecular formula is C36H41N3O10.